The highest BCUT2D eigenvalue weighted by atomic mass is 35.5. The highest BCUT2D eigenvalue weighted by Crippen LogP contribution is 2.32. The third-order valence-electron chi connectivity index (χ3n) is 3.01. The van der Waals surface area contributed by atoms with Crippen LogP contribution in [-0.4, -0.2) is 13.7 Å². The summed E-state index contributed by atoms with van der Waals surface area (Å²) in [4.78, 5) is 0.246. The number of sulfone groups is 1. The maximum atomic E-state index is 12.4. The molecule has 0 saturated heterocycles. The Balaban J connectivity index is 2.49. The van der Waals surface area contributed by atoms with Crippen molar-refractivity contribution < 1.29 is 8.42 Å². The van der Waals surface area contributed by atoms with Gasteiger partial charge in [-0.3, -0.25) is 0 Å². The van der Waals surface area contributed by atoms with Crippen molar-refractivity contribution in [1.82, 2.24) is 0 Å². The summed E-state index contributed by atoms with van der Waals surface area (Å²) in [5.41, 5.74) is 1.05. The third-order valence-corrected chi connectivity index (χ3v) is 5.79. The van der Waals surface area contributed by atoms with E-state index in [1.54, 1.807) is 56.3 Å². The molecule has 0 bridgehead atoms. The van der Waals surface area contributed by atoms with E-state index < -0.39 is 15.1 Å². The van der Waals surface area contributed by atoms with Gasteiger partial charge in [0.1, 0.15) is 0 Å². The van der Waals surface area contributed by atoms with E-state index in [0.29, 0.717) is 21.4 Å². The number of hydrogen-bond acceptors (Lipinski definition) is 3. The molecule has 0 heterocycles. The molecule has 2 aromatic rings. The predicted octanol–water partition coefficient (Wildman–Crippen LogP) is 4.92. The SMILES string of the molecule is CC(C)S(=O)(=O)c1ccccc1Nc1cc(Cl)ccc1Cl. The molecule has 0 spiro atoms. The number of para-hydroxylation sites is 1. The van der Waals surface area contributed by atoms with Gasteiger partial charge in [-0.2, -0.15) is 0 Å². The minimum atomic E-state index is -3.39. The second-order valence-corrected chi connectivity index (χ2v) is 8.16. The monoisotopic (exact) mass is 343 g/mol. The largest absolute Gasteiger partial charge is 0.353 e. The molecule has 0 saturated carbocycles. The summed E-state index contributed by atoms with van der Waals surface area (Å²) in [7, 11) is -3.39. The molecule has 112 valence electrons. The van der Waals surface area contributed by atoms with E-state index in [2.05, 4.69) is 5.32 Å². The molecule has 0 fully saturated rings. The minimum absolute atomic E-state index is 0.246. The topological polar surface area (TPSA) is 46.2 Å². The first kappa shape index (κ1) is 16.1. The molecule has 1 N–H and O–H groups in total. The Kier molecular flexibility index (Phi) is 4.81. The van der Waals surface area contributed by atoms with E-state index in [0.717, 1.165) is 0 Å². The molecule has 3 nitrogen and oxygen atoms in total. The Hall–Kier alpha value is -1.23. The van der Waals surface area contributed by atoms with Crippen LogP contribution >= 0.6 is 23.2 Å². The van der Waals surface area contributed by atoms with E-state index in [1.807, 2.05) is 0 Å². The van der Waals surface area contributed by atoms with Crippen LogP contribution in [0.1, 0.15) is 13.8 Å². The van der Waals surface area contributed by atoms with Crippen LogP contribution in [0, 0.1) is 0 Å². The number of benzene rings is 2. The highest BCUT2D eigenvalue weighted by Gasteiger charge is 2.22. The number of anilines is 2. The van der Waals surface area contributed by atoms with Gasteiger partial charge >= 0.3 is 0 Å². The van der Waals surface area contributed by atoms with Crippen LogP contribution < -0.4 is 5.32 Å². The molecule has 0 aliphatic carbocycles. The lowest BCUT2D eigenvalue weighted by Crippen LogP contribution is -2.15. The molecule has 6 heteroatoms. The van der Waals surface area contributed by atoms with Gasteiger partial charge in [0, 0.05) is 5.02 Å². The van der Waals surface area contributed by atoms with Crippen molar-refractivity contribution in [1.29, 1.82) is 0 Å². The van der Waals surface area contributed by atoms with Gasteiger partial charge in [0.05, 0.1) is 26.5 Å². The molecule has 0 aliphatic heterocycles. The molecule has 0 unspecified atom stereocenters. The van der Waals surface area contributed by atoms with Crippen LogP contribution in [0.15, 0.2) is 47.4 Å². The van der Waals surface area contributed by atoms with E-state index in [-0.39, 0.29) is 4.90 Å². The van der Waals surface area contributed by atoms with Gasteiger partial charge < -0.3 is 5.32 Å². The summed E-state index contributed by atoms with van der Waals surface area (Å²) in [6.45, 7) is 3.30. The van der Waals surface area contributed by atoms with Crippen LogP contribution in [0.4, 0.5) is 11.4 Å². The van der Waals surface area contributed by atoms with Crippen molar-refractivity contribution in [2.75, 3.05) is 5.32 Å². The fourth-order valence-corrected chi connectivity index (χ4v) is 3.35. The maximum Gasteiger partial charge on any atom is 0.182 e. The molecule has 0 aromatic heterocycles. The molecule has 2 rings (SSSR count). The molecule has 0 aliphatic rings. The average Bonchev–Trinajstić information content (AvgIpc) is 2.43. The van der Waals surface area contributed by atoms with Gasteiger partial charge in [-0.15, -0.1) is 0 Å². The second kappa shape index (κ2) is 6.26. The van der Waals surface area contributed by atoms with Crippen molar-refractivity contribution in [3.63, 3.8) is 0 Å². The Bertz CT molecular complexity index is 758. The third kappa shape index (κ3) is 3.51. The van der Waals surface area contributed by atoms with Gasteiger partial charge in [-0.25, -0.2) is 8.42 Å². The zero-order chi connectivity index (χ0) is 15.6. The minimum Gasteiger partial charge on any atom is -0.353 e. The van der Waals surface area contributed by atoms with Crippen molar-refractivity contribution >= 4 is 44.4 Å². The van der Waals surface area contributed by atoms with Crippen molar-refractivity contribution in [2.45, 2.75) is 24.0 Å². The lowest BCUT2D eigenvalue weighted by atomic mass is 10.2. The van der Waals surface area contributed by atoms with E-state index in [1.165, 1.54) is 0 Å². The zero-order valence-corrected chi connectivity index (χ0v) is 13.9. The second-order valence-electron chi connectivity index (χ2n) is 4.84. The lowest BCUT2D eigenvalue weighted by Gasteiger charge is -2.15. The summed E-state index contributed by atoms with van der Waals surface area (Å²) < 4.78 is 24.8. The van der Waals surface area contributed by atoms with Crippen molar-refractivity contribution in [3.8, 4) is 0 Å². The number of rotatable bonds is 4. The molecule has 0 atom stereocenters. The molecular formula is C15H15Cl2NO2S. The lowest BCUT2D eigenvalue weighted by molar-refractivity contribution is 0.588. The van der Waals surface area contributed by atoms with E-state index >= 15 is 0 Å². The summed E-state index contributed by atoms with van der Waals surface area (Å²) in [6, 6.07) is 11.7. The summed E-state index contributed by atoms with van der Waals surface area (Å²) >= 11 is 12.1. The van der Waals surface area contributed by atoms with Gasteiger partial charge in [0.25, 0.3) is 0 Å². The molecule has 2 aromatic carbocycles. The molecule has 0 amide bonds. The van der Waals surface area contributed by atoms with Gasteiger partial charge in [-0.05, 0) is 44.2 Å². The first-order chi connectivity index (χ1) is 9.82. The van der Waals surface area contributed by atoms with Crippen LogP contribution in [-0.2, 0) is 9.84 Å². The summed E-state index contributed by atoms with van der Waals surface area (Å²) in [5.74, 6) is 0. The summed E-state index contributed by atoms with van der Waals surface area (Å²) in [6.07, 6.45) is 0. The average molecular weight is 344 g/mol. The Morgan fingerprint density at radius 2 is 1.67 bits per heavy atom. The van der Waals surface area contributed by atoms with Gasteiger partial charge in [0.15, 0.2) is 9.84 Å². The smallest absolute Gasteiger partial charge is 0.182 e. The van der Waals surface area contributed by atoms with Crippen LogP contribution in [0.25, 0.3) is 0 Å². The summed E-state index contributed by atoms with van der Waals surface area (Å²) in [5, 5.41) is 3.53. The standard InChI is InChI=1S/C15H15Cl2NO2S/c1-10(2)21(19,20)15-6-4-3-5-13(15)18-14-9-11(16)7-8-12(14)17/h3-10,18H,1-2H3. The predicted molar refractivity (Wildman–Crippen MR) is 88.5 cm³/mol. The Morgan fingerprint density at radius 1 is 1.00 bits per heavy atom. The van der Waals surface area contributed by atoms with Gasteiger partial charge in [0.2, 0.25) is 0 Å². The molecule has 0 radical (unpaired) electrons. The fourth-order valence-electron chi connectivity index (χ4n) is 1.81. The van der Waals surface area contributed by atoms with Crippen LogP contribution in [0.2, 0.25) is 10.0 Å². The van der Waals surface area contributed by atoms with E-state index in [9.17, 15) is 8.42 Å². The first-order valence-electron chi connectivity index (χ1n) is 6.37. The number of nitrogens with one attached hydrogen (secondary N) is 1. The van der Waals surface area contributed by atoms with Crippen LogP contribution in [0.3, 0.4) is 0 Å². The Morgan fingerprint density at radius 3 is 2.33 bits per heavy atom. The number of hydrogen-bond donors (Lipinski definition) is 1. The molecular weight excluding hydrogens is 329 g/mol. The molecule has 21 heavy (non-hydrogen) atoms. The zero-order valence-electron chi connectivity index (χ0n) is 11.6. The van der Waals surface area contributed by atoms with Crippen molar-refractivity contribution in [3.05, 3.63) is 52.5 Å². The van der Waals surface area contributed by atoms with E-state index in [4.69, 9.17) is 23.2 Å². The quantitative estimate of drug-likeness (QED) is 0.856. The van der Waals surface area contributed by atoms with Gasteiger partial charge in [-0.1, -0.05) is 35.3 Å². The normalized spacial score (nSPS) is 11.7. The van der Waals surface area contributed by atoms with Crippen LogP contribution in [0.5, 0.6) is 0 Å². The fraction of sp³-hybridized carbons (Fsp3) is 0.200. The maximum absolute atomic E-state index is 12.4. The van der Waals surface area contributed by atoms with Crippen molar-refractivity contribution in [2.24, 2.45) is 0 Å². The first-order valence-corrected chi connectivity index (χ1v) is 8.67. The number of halogens is 2. The highest BCUT2D eigenvalue weighted by molar-refractivity contribution is 7.92. The Labute approximate surface area is 134 Å².